The number of hydrogen-bond donors (Lipinski definition) is 1. The van der Waals surface area contributed by atoms with Crippen LogP contribution in [0.2, 0.25) is 0 Å². The molecule has 0 aliphatic carbocycles. The van der Waals surface area contributed by atoms with Crippen LogP contribution in [0.1, 0.15) is 32.3 Å². The molecule has 1 N–H and O–H groups in total. The molecule has 138 valence electrons. The minimum Gasteiger partial charge on any atom is -0.490 e. The molecule has 0 radical (unpaired) electrons. The van der Waals surface area contributed by atoms with E-state index in [0.29, 0.717) is 30.4 Å². The van der Waals surface area contributed by atoms with Crippen LogP contribution >= 0.6 is 0 Å². The van der Waals surface area contributed by atoms with Gasteiger partial charge in [0.15, 0.2) is 11.5 Å². The number of anilines is 1. The Morgan fingerprint density at radius 1 is 1.00 bits per heavy atom. The van der Waals surface area contributed by atoms with E-state index in [1.54, 1.807) is 24.3 Å². The highest BCUT2D eigenvalue weighted by molar-refractivity contribution is 7.92. The van der Waals surface area contributed by atoms with Gasteiger partial charge in [0.2, 0.25) is 0 Å². The summed E-state index contributed by atoms with van der Waals surface area (Å²) in [5.41, 5.74) is 0.644. The van der Waals surface area contributed by atoms with E-state index in [1.165, 1.54) is 18.2 Å². The van der Waals surface area contributed by atoms with Gasteiger partial charge >= 0.3 is 0 Å². The van der Waals surface area contributed by atoms with Crippen molar-refractivity contribution in [3.05, 3.63) is 48.0 Å². The van der Waals surface area contributed by atoms with Crippen molar-refractivity contribution in [1.29, 1.82) is 5.26 Å². The van der Waals surface area contributed by atoms with Crippen LogP contribution in [0, 0.1) is 11.3 Å². The predicted molar refractivity (Wildman–Crippen MR) is 100.0 cm³/mol. The Kier molecular flexibility index (Phi) is 6.87. The van der Waals surface area contributed by atoms with Crippen LogP contribution in [0.5, 0.6) is 11.5 Å². The van der Waals surface area contributed by atoms with Crippen molar-refractivity contribution in [3.8, 4) is 17.6 Å². The summed E-state index contributed by atoms with van der Waals surface area (Å²) in [5, 5.41) is 8.94. The molecule has 0 saturated heterocycles. The number of hydrogen-bond acceptors (Lipinski definition) is 5. The highest BCUT2D eigenvalue weighted by Crippen LogP contribution is 2.32. The predicted octanol–water partition coefficient (Wildman–Crippen LogP) is 3.94. The minimum absolute atomic E-state index is 0.0267. The minimum atomic E-state index is -3.81. The van der Waals surface area contributed by atoms with E-state index in [-0.39, 0.29) is 10.5 Å². The van der Waals surface area contributed by atoms with Gasteiger partial charge in [-0.25, -0.2) is 8.42 Å². The van der Waals surface area contributed by atoms with E-state index in [1.807, 2.05) is 19.9 Å². The summed E-state index contributed by atoms with van der Waals surface area (Å²) in [6.07, 6.45) is 1.68. The van der Waals surface area contributed by atoms with Gasteiger partial charge in [-0.3, -0.25) is 4.72 Å². The van der Waals surface area contributed by atoms with Gasteiger partial charge in [0, 0.05) is 6.07 Å². The Balaban J connectivity index is 2.28. The smallest absolute Gasteiger partial charge is 0.261 e. The van der Waals surface area contributed by atoms with Crippen LogP contribution in [0.25, 0.3) is 0 Å². The van der Waals surface area contributed by atoms with Gasteiger partial charge in [-0.15, -0.1) is 0 Å². The second kappa shape index (κ2) is 9.11. The van der Waals surface area contributed by atoms with Crippen LogP contribution < -0.4 is 14.2 Å². The normalized spacial score (nSPS) is 10.8. The number of nitriles is 1. The highest BCUT2D eigenvalue weighted by atomic mass is 32.2. The number of rotatable bonds is 9. The maximum absolute atomic E-state index is 12.6. The number of nitrogens with zero attached hydrogens (tertiary/aromatic N) is 1. The van der Waals surface area contributed by atoms with Crippen molar-refractivity contribution in [1.82, 2.24) is 0 Å². The van der Waals surface area contributed by atoms with Crippen LogP contribution in [0.3, 0.4) is 0 Å². The van der Waals surface area contributed by atoms with Crippen molar-refractivity contribution < 1.29 is 17.9 Å². The topological polar surface area (TPSA) is 88.4 Å². The molecule has 6 nitrogen and oxygen atoms in total. The van der Waals surface area contributed by atoms with Gasteiger partial charge in [-0.2, -0.15) is 5.26 Å². The Hall–Kier alpha value is -2.72. The SMILES string of the molecule is CCCOc1ccc(NS(=O)(=O)c2cccc(C#N)c2)cc1OCCC. The standard InChI is InChI=1S/C19H22N2O4S/c1-3-10-24-18-9-8-16(13-19(18)25-11-4-2)21-26(22,23)17-7-5-6-15(12-17)14-20/h5-9,12-13,21H,3-4,10-11H2,1-2H3. The summed E-state index contributed by atoms with van der Waals surface area (Å²) in [5.74, 6) is 1.07. The van der Waals surface area contributed by atoms with E-state index < -0.39 is 10.0 Å². The molecule has 7 heteroatoms. The van der Waals surface area contributed by atoms with Gasteiger partial charge in [-0.05, 0) is 43.2 Å². The zero-order valence-corrected chi connectivity index (χ0v) is 15.7. The van der Waals surface area contributed by atoms with Gasteiger partial charge < -0.3 is 9.47 Å². The monoisotopic (exact) mass is 374 g/mol. The molecule has 0 aliphatic heterocycles. The molecule has 0 heterocycles. The number of benzene rings is 2. The third-order valence-corrected chi connectivity index (χ3v) is 4.77. The third kappa shape index (κ3) is 5.14. The fraction of sp³-hybridized carbons (Fsp3) is 0.316. The van der Waals surface area contributed by atoms with Crippen LogP contribution in [0.4, 0.5) is 5.69 Å². The molecular weight excluding hydrogens is 352 g/mol. The van der Waals surface area contributed by atoms with Crippen LogP contribution in [0.15, 0.2) is 47.4 Å². The Morgan fingerprint density at radius 2 is 1.69 bits per heavy atom. The Morgan fingerprint density at radius 3 is 2.35 bits per heavy atom. The van der Waals surface area contributed by atoms with E-state index in [2.05, 4.69) is 4.72 Å². The van der Waals surface area contributed by atoms with Crippen LogP contribution in [-0.4, -0.2) is 21.6 Å². The zero-order chi connectivity index (χ0) is 19.0. The third-order valence-electron chi connectivity index (χ3n) is 3.39. The lowest BCUT2D eigenvalue weighted by molar-refractivity contribution is 0.268. The zero-order valence-electron chi connectivity index (χ0n) is 14.9. The van der Waals surface area contributed by atoms with Crippen molar-refractivity contribution >= 4 is 15.7 Å². The lowest BCUT2D eigenvalue weighted by Crippen LogP contribution is -2.13. The summed E-state index contributed by atoms with van der Waals surface area (Å²) in [7, 11) is -3.81. The number of nitrogens with one attached hydrogen (secondary N) is 1. The first-order valence-corrected chi connectivity index (χ1v) is 9.91. The van der Waals surface area contributed by atoms with Crippen molar-refractivity contribution in [2.24, 2.45) is 0 Å². The summed E-state index contributed by atoms with van der Waals surface area (Å²) >= 11 is 0. The number of ether oxygens (including phenoxy) is 2. The Labute approximate surface area is 154 Å². The first-order valence-electron chi connectivity index (χ1n) is 8.42. The quantitative estimate of drug-likeness (QED) is 0.718. The van der Waals surface area contributed by atoms with E-state index in [4.69, 9.17) is 14.7 Å². The molecule has 0 aromatic heterocycles. The molecule has 0 amide bonds. The summed E-state index contributed by atoms with van der Waals surface area (Å²) in [6, 6.07) is 12.7. The summed E-state index contributed by atoms with van der Waals surface area (Å²) in [6.45, 7) is 5.04. The second-order valence-electron chi connectivity index (χ2n) is 5.60. The van der Waals surface area contributed by atoms with Crippen molar-refractivity contribution in [3.63, 3.8) is 0 Å². The fourth-order valence-corrected chi connectivity index (χ4v) is 3.27. The molecule has 26 heavy (non-hydrogen) atoms. The van der Waals surface area contributed by atoms with E-state index >= 15 is 0 Å². The van der Waals surface area contributed by atoms with Crippen molar-refractivity contribution in [2.45, 2.75) is 31.6 Å². The van der Waals surface area contributed by atoms with E-state index in [0.717, 1.165) is 12.8 Å². The summed E-state index contributed by atoms with van der Waals surface area (Å²) < 4.78 is 39.0. The first-order chi connectivity index (χ1) is 12.5. The molecular formula is C19H22N2O4S. The molecule has 2 aromatic carbocycles. The van der Waals surface area contributed by atoms with Gasteiger partial charge in [0.25, 0.3) is 10.0 Å². The maximum Gasteiger partial charge on any atom is 0.261 e. The molecule has 2 rings (SSSR count). The molecule has 0 atom stereocenters. The first kappa shape index (κ1) is 19.6. The average Bonchev–Trinajstić information content (AvgIpc) is 2.65. The molecule has 0 bridgehead atoms. The maximum atomic E-state index is 12.6. The van der Waals surface area contributed by atoms with Gasteiger partial charge in [0.05, 0.1) is 35.4 Å². The fourth-order valence-electron chi connectivity index (χ4n) is 2.17. The highest BCUT2D eigenvalue weighted by Gasteiger charge is 2.16. The molecule has 0 aliphatic rings. The number of sulfonamides is 1. The lowest BCUT2D eigenvalue weighted by Gasteiger charge is -2.14. The largest absolute Gasteiger partial charge is 0.490 e. The Bertz CT molecular complexity index is 889. The molecule has 0 spiro atoms. The average molecular weight is 374 g/mol. The van der Waals surface area contributed by atoms with E-state index in [9.17, 15) is 8.42 Å². The molecule has 0 saturated carbocycles. The van der Waals surface area contributed by atoms with Crippen LogP contribution in [-0.2, 0) is 10.0 Å². The lowest BCUT2D eigenvalue weighted by atomic mass is 10.2. The molecule has 2 aromatic rings. The molecule has 0 fully saturated rings. The van der Waals surface area contributed by atoms with Gasteiger partial charge in [0.1, 0.15) is 0 Å². The summed E-state index contributed by atoms with van der Waals surface area (Å²) in [4.78, 5) is 0.0267. The molecule has 0 unspecified atom stereocenters. The van der Waals surface area contributed by atoms with Crippen molar-refractivity contribution in [2.75, 3.05) is 17.9 Å². The second-order valence-corrected chi connectivity index (χ2v) is 7.29. The van der Waals surface area contributed by atoms with Gasteiger partial charge in [-0.1, -0.05) is 19.9 Å².